The molecule has 1 saturated heterocycles. The molecule has 0 radical (unpaired) electrons. The molecule has 1 unspecified atom stereocenters. The molecule has 5 rings (SSSR count). The first-order valence-corrected chi connectivity index (χ1v) is 11.1. The quantitative estimate of drug-likeness (QED) is 0.698. The van der Waals surface area contributed by atoms with Crippen LogP contribution in [0.25, 0.3) is 0 Å². The van der Waals surface area contributed by atoms with Gasteiger partial charge in [0.1, 0.15) is 5.82 Å². The van der Waals surface area contributed by atoms with Crippen molar-refractivity contribution in [2.24, 2.45) is 9.98 Å². The van der Waals surface area contributed by atoms with E-state index in [1.54, 1.807) is 12.3 Å². The van der Waals surface area contributed by atoms with Crippen molar-refractivity contribution in [2.75, 3.05) is 19.6 Å². The van der Waals surface area contributed by atoms with Gasteiger partial charge in [-0.2, -0.15) is 13.2 Å². The second-order valence-electron chi connectivity index (χ2n) is 8.25. The molecule has 2 N–H and O–H groups in total. The summed E-state index contributed by atoms with van der Waals surface area (Å²) in [5.74, 6) is 1.83. The lowest BCUT2D eigenvalue weighted by Gasteiger charge is -2.43. The van der Waals surface area contributed by atoms with Crippen molar-refractivity contribution < 1.29 is 13.2 Å². The Morgan fingerprint density at radius 3 is 2.58 bits per heavy atom. The van der Waals surface area contributed by atoms with E-state index in [9.17, 15) is 13.2 Å². The summed E-state index contributed by atoms with van der Waals surface area (Å²) >= 11 is 6.41. The van der Waals surface area contributed by atoms with Crippen molar-refractivity contribution in [3.8, 4) is 0 Å². The number of hydrogen-bond acceptors (Lipinski definition) is 6. The predicted octanol–water partition coefficient (Wildman–Crippen LogP) is 4.15. The van der Waals surface area contributed by atoms with E-state index in [0.717, 1.165) is 56.3 Å². The van der Waals surface area contributed by atoms with Crippen LogP contribution >= 0.6 is 11.6 Å². The number of likely N-dealkylation sites (tertiary alicyclic amines) is 1. The largest absolute Gasteiger partial charge is 0.416 e. The highest BCUT2D eigenvalue weighted by molar-refractivity contribution is 6.34. The third kappa shape index (κ3) is 4.55. The molecule has 10 heteroatoms. The Morgan fingerprint density at radius 1 is 1.12 bits per heavy atom. The third-order valence-corrected chi connectivity index (χ3v) is 6.26. The van der Waals surface area contributed by atoms with Gasteiger partial charge in [0.15, 0.2) is 0 Å². The van der Waals surface area contributed by atoms with Crippen LogP contribution in [0, 0.1) is 0 Å². The summed E-state index contributed by atoms with van der Waals surface area (Å²) in [5.41, 5.74) is 1.29. The van der Waals surface area contributed by atoms with Gasteiger partial charge in [0.25, 0.3) is 0 Å². The van der Waals surface area contributed by atoms with Gasteiger partial charge in [0.05, 0.1) is 34.2 Å². The lowest BCUT2D eigenvalue weighted by Crippen LogP contribution is -2.58. The molecule has 1 aromatic heterocycles. The van der Waals surface area contributed by atoms with E-state index in [-0.39, 0.29) is 0 Å². The van der Waals surface area contributed by atoms with Crippen LogP contribution in [0.15, 0.2) is 64.7 Å². The third-order valence-electron chi connectivity index (χ3n) is 5.96. The molecular formula is C23H22ClF3N6. The first kappa shape index (κ1) is 21.8. The molecule has 0 saturated carbocycles. The number of alkyl halides is 3. The van der Waals surface area contributed by atoms with Crippen molar-refractivity contribution in [1.29, 1.82) is 0 Å². The Hall–Kier alpha value is -3.07. The Labute approximate surface area is 194 Å². The maximum Gasteiger partial charge on any atom is 0.416 e. The molecule has 3 aliphatic heterocycles. The van der Waals surface area contributed by atoms with Crippen LogP contribution in [0.4, 0.5) is 13.2 Å². The highest BCUT2D eigenvalue weighted by atomic mass is 35.5. The summed E-state index contributed by atoms with van der Waals surface area (Å²) in [6.07, 6.45) is 2.68. The van der Waals surface area contributed by atoms with Gasteiger partial charge < -0.3 is 15.5 Å². The zero-order valence-electron chi connectivity index (χ0n) is 17.6. The summed E-state index contributed by atoms with van der Waals surface area (Å²) in [7, 11) is 0. The van der Waals surface area contributed by atoms with Crippen molar-refractivity contribution >= 4 is 23.1 Å². The number of rotatable bonds is 4. The van der Waals surface area contributed by atoms with E-state index in [2.05, 4.69) is 25.5 Å². The van der Waals surface area contributed by atoms with Crippen molar-refractivity contribution in [1.82, 2.24) is 20.5 Å². The molecule has 172 valence electrons. The molecule has 1 aromatic carbocycles. The number of amidine groups is 1. The standard InChI is InChI=1S/C23H22ClF3N6/c24-18-10-28-9-7-17(18)22-21(14-3-5-15(6-4-14)23(25,26)27)30-11-20(32-22)33-12-16(13-33)31-19-2-1-8-29-19/h3-7,9-11,16,21,30H,1-2,8,12-13H2,(H,29,31). The predicted molar refractivity (Wildman–Crippen MR) is 121 cm³/mol. The highest BCUT2D eigenvalue weighted by Gasteiger charge is 2.34. The lowest BCUT2D eigenvalue weighted by atomic mass is 9.95. The number of halogens is 4. The Kier molecular flexibility index (Phi) is 5.74. The molecule has 3 aliphatic rings. The topological polar surface area (TPSA) is 64.9 Å². The molecule has 2 aromatic rings. The molecule has 6 nitrogen and oxygen atoms in total. The average Bonchev–Trinajstić information content (AvgIpc) is 3.29. The average molecular weight is 475 g/mol. The molecular weight excluding hydrogens is 453 g/mol. The minimum absolute atomic E-state index is 0.318. The van der Waals surface area contributed by atoms with Gasteiger partial charge in [0.2, 0.25) is 0 Å². The van der Waals surface area contributed by atoms with Gasteiger partial charge in [-0.15, -0.1) is 0 Å². The van der Waals surface area contributed by atoms with E-state index in [1.807, 2.05) is 6.20 Å². The summed E-state index contributed by atoms with van der Waals surface area (Å²) < 4.78 is 39.0. The van der Waals surface area contributed by atoms with Crippen molar-refractivity contribution in [3.05, 3.63) is 76.5 Å². The number of aliphatic imine (C=N–C) groups is 2. The number of benzene rings is 1. The van der Waals surface area contributed by atoms with Crippen LogP contribution in [-0.2, 0) is 6.18 Å². The fourth-order valence-corrected chi connectivity index (χ4v) is 4.40. The Bertz CT molecular complexity index is 1120. The smallest absolute Gasteiger partial charge is 0.376 e. The van der Waals surface area contributed by atoms with Crippen LogP contribution in [-0.4, -0.2) is 47.1 Å². The van der Waals surface area contributed by atoms with Gasteiger partial charge in [-0.3, -0.25) is 9.98 Å². The van der Waals surface area contributed by atoms with E-state index in [4.69, 9.17) is 16.6 Å². The fraction of sp³-hybridized carbons (Fsp3) is 0.348. The molecule has 1 atom stereocenters. The second-order valence-corrected chi connectivity index (χ2v) is 8.66. The molecule has 33 heavy (non-hydrogen) atoms. The number of nitrogens with one attached hydrogen (secondary N) is 2. The van der Waals surface area contributed by atoms with Gasteiger partial charge in [-0.1, -0.05) is 23.7 Å². The van der Waals surface area contributed by atoms with Crippen molar-refractivity contribution in [2.45, 2.75) is 31.1 Å². The molecule has 0 bridgehead atoms. The van der Waals surface area contributed by atoms with E-state index >= 15 is 0 Å². The zero-order chi connectivity index (χ0) is 23.0. The minimum atomic E-state index is -4.39. The van der Waals surface area contributed by atoms with Crippen LogP contribution in [0.5, 0.6) is 0 Å². The normalized spacial score (nSPS) is 21.0. The van der Waals surface area contributed by atoms with Crippen molar-refractivity contribution in [3.63, 3.8) is 0 Å². The fourth-order valence-electron chi connectivity index (χ4n) is 4.19. The summed E-state index contributed by atoms with van der Waals surface area (Å²) in [6, 6.07) is 6.74. The summed E-state index contributed by atoms with van der Waals surface area (Å²) in [4.78, 5) is 15.5. The monoisotopic (exact) mass is 474 g/mol. The van der Waals surface area contributed by atoms with Gasteiger partial charge >= 0.3 is 6.18 Å². The maximum absolute atomic E-state index is 13.0. The molecule has 0 spiro atoms. The molecule has 4 heterocycles. The van der Waals surface area contributed by atoms with E-state index in [0.29, 0.717) is 27.9 Å². The summed E-state index contributed by atoms with van der Waals surface area (Å²) in [5, 5.41) is 7.23. The number of nitrogens with zero attached hydrogens (tertiary/aromatic N) is 4. The number of aromatic nitrogens is 1. The molecule has 0 amide bonds. The SMILES string of the molecule is FC(F)(F)c1ccc(C2NC=C(N3CC(NC4=NCCC4)C3)N=C2c2ccncc2Cl)cc1. The minimum Gasteiger partial charge on any atom is -0.376 e. The highest BCUT2D eigenvalue weighted by Crippen LogP contribution is 2.33. The Balaban J connectivity index is 1.38. The lowest BCUT2D eigenvalue weighted by molar-refractivity contribution is -0.137. The van der Waals surface area contributed by atoms with Crippen LogP contribution in [0.3, 0.4) is 0 Å². The molecule has 1 fully saturated rings. The van der Waals surface area contributed by atoms with E-state index in [1.165, 1.54) is 18.3 Å². The molecule has 0 aliphatic carbocycles. The zero-order valence-corrected chi connectivity index (χ0v) is 18.4. The second kappa shape index (κ2) is 8.70. The van der Waals surface area contributed by atoms with Gasteiger partial charge in [-0.05, 0) is 30.2 Å². The van der Waals surface area contributed by atoms with Crippen LogP contribution < -0.4 is 10.6 Å². The van der Waals surface area contributed by atoms with E-state index < -0.39 is 17.8 Å². The number of pyridine rings is 1. The number of hydrogen-bond donors (Lipinski definition) is 2. The van der Waals surface area contributed by atoms with Gasteiger partial charge in [-0.25, -0.2) is 4.99 Å². The van der Waals surface area contributed by atoms with Crippen LogP contribution in [0.1, 0.15) is 35.6 Å². The maximum atomic E-state index is 13.0. The first-order chi connectivity index (χ1) is 15.9. The first-order valence-electron chi connectivity index (χ1n) is 10.7. The summed E-state index contributed by atoms with van der Waals surface area (Å²) in [6.45, 7) is 2.47. The Morgan fingerprint density at radius 2 is 1.91 bits per heavy atom. The van der Waals surface area contributed by atoms with Crippen LogP contribution in [0.2, 0.25) is 5.02 Å². The van der Waals surface area contributed by atoms with Gasteiger partial charge in [0, 0.05) is 50.2 Å².